The molecule has 1 amide bonds. The maximum absolute atomic E-state index is 13.9. The Kier molecular flexibility index (Phi) is 3.83. The maximum Gasteiger partial charge on any atom is 0.264 e. The summed E-state index contributed by atoms with van der Waals surface area (Å²) in [6, 6.07) is 16.3. The van der Waals surface area contributed by atoms with Gasteiger partial charge in [0.25, 0.3) is 10.0 Å². The number of hydrogen-bond acceptors (Lipinski definition) is 3. The standard InChI is InChI=1S/C23H21IN2O3S/c24-14-7-15-25-19-12-6-13-22-20(21(25)27)23(19,22)17-10-4-5-11-18(17)26(22)30(28,29)16-8-2-1-3-9-16/h1-6,8-12,19-20H,7,13-15H2/t19-,20?,22+,23+/m0/s1. The lowest BCUT2D eigenvalue weighted by Gasteiger charge is -2.39. The van der Waals surface area contributed by atoms with Gasteiger partial charge in [-0.1, -0.05) is 71.1 Å². The number of sulfonamides is 1. The van der Waals surface area contributed by atoms with E-state index < -0.39 is 21.0 Å². The summed E-state index contributed by atoms with van der Waals surface area (Å²) in [6.07, 6.45) is 5.75. The van der Waals surface area contributed by atoms with Gasteiger partial charge in [-0.05, 0) is 36.6 Å². The first kappa shape index (κ1) is 18.9. The zero-order chi connectivity index (χ0) is 20.7. The first-order valence-corrected chi connectivity index (χ1v) is 13.2. The average Bonchev–Trinajstić information content (AvgIpc) is 3.16. The largest absolute Gasteiger partial charge is 0.335 e. The van der Waals surface area contributed by atoms with Crippen LogP contribution in [0.1, 0.15) is 18.4 Å². The molecule has 6 rings (SSSR count). The molecule has 30 heavy (non-hydrogen) atoms. The number of benzene rings is 2. The highest BCUT2D eigenvalue weighted by atomic mass is 127. The van der Waals surface area contributed by atoms with Crippen LogP contribution in [0, 0.1) is 5.92 Å². The van der Waals surface area contributed by atoms with Gasteiger partial charge in [0.2, 0.25) is 5.91 Å². The fourth-order valence-corrected chi connectivity index (χ4v) is 8.72. The molecule has 1 spiro atoms. The predicted molar refractivity (Wildman–Crippen MR) is 123 cm³/mol. The topological polar surface area (TPSA) is 57.7 Å². The average molecular weight is 532 g/mol. The van der Waals surface area contributed by atoms with Crippen LogP contribution in [0.15, 0.2) is 71.6 Å². The number of likely N-dealkylation sites (tertiary alicyclic amines) is 1. The van der Waals surface area contributed by atoms with Crippen molar-refractivity contribution in [1.29, 1.82) is 0 Å². The number of carbonyl (C=O) groups excluding carboxylic acids is 1. The van der Waals surface area contributed by atoms with Crippen molar-refractivity contribution in [3.63, 3.8) is 0 Å². The zero-order valence-corrected chi connectivity index (χ0v) is 19.2. The summed E-state index contributed by atoms with van der Waals surface area (Å²) in [7, 11) is -3.80. The summed E-state index contributed by atoms with van der Waals surface area (Å²) < 4.78 is 30.4. The van der Waals surface area contributed by atoms with Crippen molar-refractivity contribution in [3.05, 3.63) is 72.3 Å². The number of hydrogen-bond donors (Lipinski definition) is 0. The Morgan fingerprint density at radius 2 is 1.80 bits per heavy atom. The van der Waals surface area contributed by atoms with Gasteiger partial charge in [-0.15, -0.1) is 0 Å². The Bertz CT molecular complexity index is 1200. The minimum absolute atomic E-state index is 0.0798. The first-order chi connectivity index (χ1) is 14.5. The number of anilines is 1. The third-order valence-corrected chi connectivity index (χ3v) is 10.0. The van der Waals surface area contributed by atoms with E-state index in [2.05, 4.69) is 34.7 Å². The second-order valence-corrected chi connectivity index (χ2v) is 11.3. The summed E-state index contributed by atoms with van der Waals surface area (Å²) in [5, 5.41) is 0. The molecule has 4 aliphatic rings. The molecule has 0 radical (unpaired) electrons. The van der Waals surface area contributed by atoms with Gasteiger partial charge in [-0.25, -0.2) is 8.42 Å². The van der Waals surface area contributed by atoms with E-state index in [1.165, 1.54) is 0 Å². The van der Waals surface area contributed by atoms with E-state index in [4.69, 9.17) is 0 Å². The van der Waals surface area contributed by atoms with E-state index in [0.717, 1.165) is 28.6 Å². The molecule has 1 saturated carbocycles. The van der Waals surface area contributed by atoms with Crippen LogP contribution in [-0.4, -0.2) is 41.8 Å². The van der Waals surface area contributed by atoms with Gasteiger partial charge in [0, 0.05) is 11.0 Å². The summed E-state index contributed by atoms with van der Waals surface area (Å²) in [5.74, 6) is -0.204. The maximum atomic E-state index is 13.9. The van der Waals surface area contributed by atoms with Crippen molar-refractivity contribution in [2.24, 2.45) is 5.92 Å². The van der Waals surface area contributed by atoms with Crippen molar-refractivity contribution in [1.82, 2.24) is 4.90 Å². The molecular weight excluding hydrogens is 511 g/mol. The Hall–Kier alpha value is -1.87. The summed E-state index contributed by atoms with van der Waals surface area (Å²) in [6.45, 7) is 0.721. The van der Waals surface area contributed by atoms with Crippen LogP contribution in [0.2, 0.25) is 0 Å². The smallest absolute Gasteiger partial charge is 0.264 e. The van der Waals surface area contributed by atoms with Crippen LogP contribution in [0.4, 0.5) is 5.69 Å². The van der Waals surface area contributed by atoms with Crippen molar-refractivity contribution < 1.29 is 13.2 Å². The number of fused-ring (bicyclic) bond motifs is 1. The SMILES string of the molecule is O=C1C2[C@]34c5ccccc5N(S(=O)(=O)c5ccccc5)[C@]23CC=C[C@@H]4N1CCCI. The number of rotatable bonds is 5. The van der Waals surface area contributed by atoms with Crippen LogP contribution in [0.5, 0.6) is 0 Å². The van der Waals surface area contributed by atoms with Crippen molar-refractivity contribution in [2.45, 2.75) is 34.7 Å². The van der Waals surface area contributed by atoms with Gasteiger partial charge in [0.05, 0.1) is 33.5 Å². The summed E-state index contributed by atoms with van der Waals surface area (Å²) in [4.78, 5) is 15.8. The molecule has 2 aliphatic heterocycles. The highest BCUT2D eigenvalue weighted by molar-refractivity contribution is 14.1. The molecule has 2 aliphatic carbocycles. The van der Waals surface area contributed by atoms with E-state index in [9.17, 15) is 13.2 Å². The molecule has 2 heterocycles. The Morgan fingerprint density at radius 3 is 2.57 bits per heavy atom. The van der Waals surface area contributed by atoms with Gasteiger partial charge < -0.3 is 4.90 Å². The predicted octanol–water partition coefficient (Wildman–Crippen LogP) is 3.50. The Labute approximate surface area is 189 Å². The van der Waals surface area contributed by atoms with E-state index in [1.54, 1.807) is 28.6 Å². The number of carbonyl (C=O) groups is 1. The monoisotopic (exact) mass is 532 g/mol. The number of piperidine rings is 1. The molecule has 1 unspecified atom stereocenters. The van der Waals surface area contributed by atoms with Gasteiger partial charge in [0.1, 0.15) is 0 Å². The number of para-hydroxylation sites is 1. The minimum Gasteiger partial charge on any atom is -0.335 e. The lowest BCUT2D eigenvalue weighted by atomic mass is 9.81. The van der Waals surface area contributed by atoms with E-state index >= 15 is 0 Å². The normalized spacial score (nSPS) is 32.8. The van der Waals surface area contributed by atoms with Crippen molar-refractivity contribution in [2.75, 3.05) is 15.3 Å². The van der Waals surface area contributed by atoms with E-state index in [-0.39, 0.29) is 22.8 Å². The molecule has 5 nitrogen and oxygen atoms in total. The van der Waals surface area contributed by atoms with Gasteiger partial charge in [-0.3, -0.25) is 9.10 Å². The number of alkyl halides is 1. The van der Waals surface area contributed by atoms with Crippen LogP contribution in [-0.2, 0) is 20.2 Å². The number of nitrogens with zero attached hydrogens (tertiary/aromatic N) is 2. The van der Waals surface area contributed by atoms with Gasteiger partial charge in [-0.2, -0.15) is 0 Å². The molecule has 1 saturated heterocycles. The van der Waals surface area contributed by atoms with Crippen molar-refractivity contribution in [3.8, 4) is 0 Å². The quantitative estimate of drug-likeness (QED) is 0.337. The zero-order valence-electron chi connectivity index (χ0n) is 16.2. The second kappa shape index (κ2) is 6.09. The van der Waals surface area contributed by atoms with Crippen molar-refractivity contribution >= 4 is 44.2 Å². The minimum atomic E-state index is -3.80. The molecule has 4 atom stereocenters. The molecular formula is C23H21IN2O3S. The fraction of sp³-hybridized carbons (Fsp3) is 0.348. The molecule has 2 aromatic carbocycles. The van der Waals surface area contributed by atoms with Crippen LogP contribution >= 0.6 is 22.6 Å². The molecule has 0 aromatic heterocycles. The van der Waals surface area contributed by atoms with E-state index in [0.29, 0.717) is 6.42 Å². The van der Waals surface area contributed by atoms with Gasteiger partial charge in [0.15, 0.2) is 0 Å². The lowest BCUT2D eigenvalue weighted by molar-refractivity contribution is -0.131. The molecule has 154 valence electrons. The summed E-state index contributed by atoms with van der Waals surface area (Å²) in [5.41, 5.74) is 0.551. The third-order valence-electron chi connectivity index (χ3n) is 7.39. The van der Waals surface area contributed by atoms with Crippen LogP contribution in [0.3, 0.4) is 0 Å². The highest BCUT2D eigenvalue weighted by Crippen LogP contribution is 2.81. The first-order valence-electron chi connectivity index (χ1n) is 10.3. The fourth-order valence-electron chi connectivity index (χ4n) is 6.49. The third kappa shape index (κ3) is 1.90. The highest BCUT2D eigenvalue weighted by Gasteiger charge is 2.93. The van der Waals surface area contributed by atoms with Crippen LogP contribution < -0.4 is 4.31 Å². The molecule has 0 bridgehead atoms. The Balaban J connectivity index is 1.57. The Morgan fingerprint density at radius 1 is 1.07 bits per heavy atom. The number of amides is 1. The summed E-state index contributed by atoms with van der Waals surface area (Å²) >= 11 is 2.34. The van der Waals surface area contributed by atoms with E-state index in [1.807, 2.05) is 35.2 Å². The molecule has 2 fully saturated rings. The van der Waals surface area contributed by atoms with Gasteiger partial charge >= 0.3 is 0 Å². The second-order valence-electron chi connectivity index (χ2n) is 8.48. The molecule has 2 aromatic rings. The van der Waals surface area contributed by atoms with Crippen LogP contribution in [0.25, 0.3) is 0 Å². The molecule has 0 N–H and O–H groups in total. The lowest BCUT2D eigenvalue weighted by Crippen LogP contribution is -2.54. The molecule has 7 heteroatoms. The number of halogens is 1.